The van der Waals surface area contributed by atoms with Crippen molar-refractivity contribution >= 4 is 39.9 Å². The van der Waals surface area contributed by atoms with Gasteiger partial charge in [0.1, 0.15) is 53.1 Å². The molecule has 1 aliphatic rings. The monoisotopic (exact) mass is 637 g/mol. The summed E-state index contributed by atoms with van der Waals surface area (Å²) in [4.78, 5) is 30.8. The van der Waals surface area contributed by atoms with Crippen LogP contribution in [0.1, 0.15) is 12.5 Å². The highest BCUT2D eigenvalue weighted by Gasteiger charge is 2.29. The molecule has 13 nitrogen and oxygen atoms in total. The van der Waals surface area contributed by atoms with Crippen LogP contribution in [0.4, 0.5) is 37.7 Å². The summed E-state index contributed by atoms with van der Waals surface area (Å²) >= 11 is 0. The van der Waals surface area contributed by atoms with Gasteiger partial charge >= 0.3 is 0 Å². The molecular weight excluding hydrogens is 608 g/mol. The van der Waals surface area contributed by atoms with Gasteiger partial charge in [0.2, 0.25) is 0 Å². The number of hydrogen-bond acceptors (Lipinski definition) is 12. The molecule has 0 atom stereocenters. The molecule has 238 valence electrons. The maximum Gasteiger partial charge on any atom is 0.184 e. The van der Waals surface area contributed by atoms with E-state index in [1.807, 2.05) is 24.3 Å². The molecule has 2 N–H and O–H groups in total. The van der Waals surface area contributed by atoms with Crippen LogP contribution in [0.15, 0.2) is 73.6 Å². The van der Waals surface area contributed by atoms with Crippen LogP contribution in [-0.2, 0) is 11.3 Å². The van der Waals surface area contributed by atoms with E-state index < -0.39 is 11.6 Å². The average molecular weight is 638 g/mol. The zero-order chi connectivity index (χ0) is 32.3. The molecule has 0 bridgehead atoms. The highest BCUT2D eigenvalue weighted by molar-refractivity contribution is 5.94. The van der Waals surface area contributed by atoms with E-state index in [2.05, 4.69) is 24.8 Å². The lowest BCUT2D eigenvalue weighted by atomic mass is 10.1. The number of benzene rings is 2. The molecule has 5 heterocycles. The number of aromatic nitrogens is 8. The van der Waals surface area contributed by atoms with Crippen molar-refractivity contribution in [3.63, 3.8) is 0 Å². The topological polar surface area (TPSA) is 146 Å². The Balaban J connectivity index is 1.41. The number of ether oxygens (including phenoxy) is 2. The van der Waals surface area contributed by atoms with Crippen LogP contribution in [0.2, 0.25) is 0 Å². The Morgan fingerprint density at radius 1 is 0.936 bits per heavy atom. The van der Waals surface area contributed by atoms with Gasteiger partial charge in [0, 0.05) is 48.6 Å². The van der Waals surface area contributed by atoms with Gasteiger partial charge in [-0.05, 0) is 25.1 Å². The fourth-order valence-electron chi connectivity index (χ4n) is 5.52. The third-order valence-electron chi connectivity index (χ3n) is 7.63. The first-order valence-electron chi connectivity index (χ1n) is 14.9. The molecule has 0 amide bonds. The molecule has 47 heavy (non-hydrogen) atoms. The summed E-state index contributed by atoms with van der Waals surface area (Å²) in [5, 5.41) is 5.46. The fraction of sp³-hybridized carbons (Fsp3) is 0.219. The molecule has 0 saturated carbocycles. The van der Waals surface area contributed by atoms with Gasteiger partial charge < -0.3 is 20.1 Å². The number of nitrogen functional groups attached to an aromatic ring is 1. The van der Waals surface area contributed by atoms with Crippen molar-refractivity contribution in [1.82, 2.24) is 39.7 Å². The van der Waals surface area contributed by atoms with Crippen molar-refractivity contribution in [2.75, 3.05) is 48.4 Å². The summed E-state index contributed by atoms with van der Waals surface area (Å²) in [5.41, 5.74) is 8.17. The van der Waals surface area contributed by atoms with Gasteiger partial charge in [-0.2, -0.15) is 5.10 Å². The first-order valence-corrected chi connectivity index (χ1v) is 14.9. The summed E-state index contributed by atoms with van der Waals surface area (Å²) in [6.45, 7) is 3.94. The molecule has 15 heteroatoms. The van der Waals surface area contributed by atoms with Gasteiger partial charge in [-0.15, -0.1) is 0 Å². The normalized spacial score (nSPS) is 13.2. The van der Waals surface area contributed by atoms with Crippen LogP contribution >= 0.6 is 0 Å². The van der Waals surface area contributed by atoms with Crippen molar-refractivity contribution in [3.05, 3.63) is 90.8 Å². The number of anilines is 5. The Kier molecular flexibility index (Phi) is 8.18. The molecule has 1 aliphatic heterocycles. The van der Waals surface area contributed by atoms with Gasteiger partial charge in [0.15, 0.2) is 17.5 Å². The summed E-state index contributed by atoms with van der Waals surface area (Å²) in [7, 11) is 0. The van der Waals surface area contributed by atoms with Crippen LogP contribution in [0.5, 0.6) is 5.75 Å². The highest BCUT2D eigenvalue weighted by atomic mass is 19.1. The molecule has 0 spiro atoms. The van der Waals surface area contributed by atoms with Crippen LogP contribution < -0.4 is 20.3 Å². The maximum atomic E-state index is 15.1. The number of hydrogen-bond donors (Lipinski definition) is 1. The zero-order valence-electron chi connectivity index (χ0n) is 25.3. The van der Waals surface area contributed by atoms with Crippen molar-refractivity contribution in [2.45, 2.75) is 13.5 Å². The molecule has 0 radical (unpaired) electrons. The molecule has 4 aromatic heterocycles. The van der Waals surface area contributed by atoms with E-state index >= 15 is 8.78 Å². The second-order valence-electron chi connectivity index (χ2n) is 10.5. The standard InChI is InChI=1S/C32H29F2N11O2/c1-2-47-20-15-23(33)22(24(34)16-20)17-44-25-6-4-3-5-21(25)28(42-44)31-40-30(35)29(43-11-13-46-14-12-43)32(41-31)45(26-7-9-36-18-38-26)27-8-10-37-19-39-27/h3-10,15-16,18-19H,2,11-14,17H2,1H3,(H2,35,40,41). The Hall–Kier alpha value is -5.83. The second-order valence-corrected chi connectivity index (χ2v) is 10.5. The third-order valence-corrected chi connectivity index (χ3v) is 7.63. The minimum atomic E-state index is -0.738. The van der Waals surface area contributed by atoms with Crippen LogP contribution in [0.25, 0.3) is 22.4 Å². The molecular formula is C32H29F2N11O2. The molecule has 7 rings (SSSR count). The number of fused-ring (bicyclic) bond motifs is 1. The van der Waals surface area contributed by atoms with E-state index in [0.717, 1.165) is 0 Å². The third kappa shape index (κ3) is 5.83. The predicted octanol–water partition coefficient (Wildman–Crippen LogP) is 4.69. The zero-order valence-corrected chi connectivity index (χ0v) is 25.3. The molecule has 0 aliphatic carbocycles. The lowest BCUT2D eigenvalue weighted by Gasteiger charge is -2.33. The largest absolute Gasteiger partial charge is 0.494 e. The Morgan fingerprint density at radius 3 is 2.26 bits per heavy atom. The summed E-state index contributed by atoms with van der Waals surface area (Å²) in [5.74, 6) is 0.394. The van der Waals surface area contributed by atoms with Crippen molar-refractivity contribution in [2.24, 2.45) is 0 Å². The Bertz CT molecular complexity index is 1960. The van der Waals surface area contributed by atoms with Crippen molar-refractivity contribution < 1.29 is 18.3 Å². The number of halogens is 2. The van der Waals surface area contributed by atoms with E-state index in [4.69, 9.17) is 30.3 Å². The minimum absolute atomic E-state index is 0.117. The smallest absolute Gasteiger partial charge is 0.184 e. The molecule has 1 saturated heterocycles. The highest BCUT2D eigenvalue weighted by Crippen LogP contribution is 2.42. The number of nitrogens with zero attached hydrogens (tertiary/aromatic N) is 10. The lowest BCUT2D eigenvalue weighted by molar-refractivity contribution is 0.123. The van der Waals surface area contributed by atoms with Crippen molar-refractivity contribution in [3.8, 4) is 17.3 Å². The number of nitrogens with two attached hydrogens (primary N) is 1. The SMILES string of the molecule is CCOc1cc(F)c(Cn2nc(-c3nc(N)c(N4CCOCC4)c(N(c4ccncn4)c4ccncn4)n3)c3ccccc32)c(F)c1. The van der Waals surface area contributed by atoms with Gasteiger partial charge in [-0.3, -0.25) is 9.58 Å². The number of rotatable bonds is 9. The molecule has 6 aromatic rings. The second kappa shape index (κ2) is 12.9. The van der Waals surface area contributed by atoms with Crippen molar-refractivity contribution in [1.29, 1.82) is 0 Å². The number of para-hydroxylation sites is 1. The van der Waals surface area contributed by atoms with Crippen LogP contribution in [0.3, 0.4) is 0 Å². The van der Waals surface area contributed by atoms with E-state index in [1.54, 1.807) is 36.4 Å². The van der Waals surface area contributed by atoms with E-state index in [1.165, 1.54) is 29.5 Å². The summed E-state index contributed by atoms with van der Waals surface area (Å²) < 4.78 is 42.7. The fourth-order valence-corrected chi connectivity index (χ4v) is 5.52. The first kappa shape index (κ1) is 29.9. The van der Waals surface area contributed by atoms with Gasteiger partial charge in [-0.25, -0.2) is 38.7 Å². The first-order chi connectivity index (χ1) is 23.0. The molecule has 2 aromatic carbocycles. The maximum absolute atomic E-state index is 15.1. The van der Waals surface area contributed by atoms with E-state index in [-0.39, 0.29) is 36.1 Å². The van der Waals surface area contributed by atoms with Crippen LogP contribution in [0, 0.1) is 11.6 Å². The Labute approximate surface area is 267 Å². The molecule has 0 unspecified atom stereocenters. The average Bonchev–Trinajstić information content (AvgIpc) is 3.46. The number of morpholine rings is 1. The van der Waals surface area contributed by atoms with Gasteiger partial charge in [0.25, 0.3) is 0 Å². The van der Waals surface area contributed by atoms with Gasteiger partial charge in [-0.1, -0.05) is 18.2 Å². The quantitative estimate of drug-likeness (QED) is 0.235. The summed E-state index contributed by atoms with van der Waals surface area (Å²) in [6.07, 6.45) is 6.09. The van der Waals surface area contributed by atoms with E-state index in [0.29, 0.717) is 66.0 Å². The Morgan fingerprint density at radius 2 is 1.62 bits per heavy atom. The molecule has 1 fully saturated rings. The predicted molar refractivity (Wildman–Crippen MR) is 171 cm³/mol. The lowest BCUT2D eigenvalue weighted by Crippen LogP contribution is -2.38. The minimum Gasteiger partial charge on any atom is -0.494 e. The van der Waals surface area contributed by atoms with Crippen LogP contribution in [-0.4, -0.2) is 72.6 Å². The van der Waals surface area contributed by atoms with E-state index in [9.17, 15) is 0 Å². The summed E-state index contributed by atoms with van der Waals surface area (Å²) in [6, 6.07) is 13.1. The van der Waals surface area contributed by atoms with Gasteiger partial charge in [0.05, 0.1) is 31.9 Å².